The molecular weight excluding hydrogens is 389 g/mol. The van der Waals surface area contributed by atoms with Gasteiger partial charge >= 0.3 is 0 Å². The first-order valence-electron chi connectivity index (χ1n) is 8.20. The summed E-state index contributed by atoms with van der Waals surface area (Å²) in [6.07, 6.45) is 1.92. The van der Waals surface area contributed by atoms with Crippen LogP contribution in [0.1, 0.15) is 23.7 Å². The van der Waals surface area contributed by atoms with Crippen molar-refractivity contribution in [3.8, 4) is 5.75 Å². The standard InChI is InChI=1S/C21H18Cl3NO/c1-13(10-11-22)16-8-9-18(23)17(20(16)24)12-26-19-5-3-4-15-7-6-14(2)25-21(15)19/h3-10H,11-12H2,1-2H3/b13-10-. The Hall–Kier alpha value is -1.74. The van der Waals surface area contributed by atoms with Gasteiger partial charge in [0.05, 0.1) is 5.02 Å². The molecule has 2 nitrogen and oxygen atoms in total. The number of pyridine rings is 1. The number of para-hydroxylation sites is 1. The summed E-state index contributed by atoms with van der Waals surface area (Å²) in [6.45, 7) is 4.19. The molecule has 0 N–H and O–H groups in total. The second-order valence-electron chi connectivity index (χ2n) is 6.00. The Morgan fingerprint density at radius 2 is 1.92 bits per heavy atom. The van der Waals surface area contributed by atoms with Crippen LogP contribution in [-0.4, -0.2) is 10.9 Å². The molecule has 0 bridgehead atoms. The maximum absolute atomic E-state index is 6.59. The summed E-state index contributed by atoms with van der Waals surface area (Å²) in [5, 5.41) is 2.18. The molecule has 0 spiro atoms. The Bertz CT molecular complexity index is 982. The molecule has 0 amide bonds. The average Bonchev–Trinajstić information content (AvgIpc) is 2.62. The lowest BCUT2D eigenvalue weighted by atomic mass is 10.0. The van der Waals surface area contributed by atoms with Crippen molar-refractivity contribution in [2.75, 3.05) is 5.88 Å². The number of alkyl halides is 1. The fourth-order valence-electron chi connectivity index (χ4n) is 2.74. The first-order chi connectivity index (χ1) is 12.5. The Morgan fingerprint density at radius 3 is 2.69 bits per heavy atom. The van der Waals surface area contributed by atoms with E-state index in [1.54, 1.807) is 0 Å². The molecule has 1 aromatic heterocycles. The summed E-state index contributed by atoms with van der Waals surface area (Å²) in [5.41, 5.74) is 4.42. The lowest BCUT2D eigenvalue weighted by molar-refractivity contribution is 0.309. The monoisotopic (exact) mass is 405 g/mol. The van der Waals surface area contributed by atoms with E-state index in [9.17, 15) is 0 Å². The van der Waals surface area contributed by atoms with Crippen molar-refractivity contribution in [2.45, 2.75) is 20.5 Å². The number of halogens is 3. The van der Waals surface area contributed by atoms with Crippen LogP contribution in [0, 0.1) is 6.92 Å². The molecule has 0 saturated carbocycles. The molecule has 1 heterocycles. The van der Waals surface area contributed by atoms with Crippen LogP contribution in [0.3, 0.4) is 0 Å². The van der Waals surface area contributed by atoms with E-state index in [-0.39, 0.29) is 6.61 Å². The van der Waals surface area contributed by atoms with E-state index in [0.717, 1.165) is 33.3 Å². The Morgan fingerprint density at radius 1 is 1.12 bits per heavy atom. The van der Waals surface area contributed by atoms with Gasteiger partial charge in [0.15, 0.2) is 0 Å². The van der Waals surface area contributed by atoms with E-state index in [0.29, 0.717) is 21.7 Å². The van der Waals surface area contributed by atoms with Crippen LogP contribution in [0.25, 0.3) is 16.5 Å². The van der Waals surface area contributed by atoms with Crippen molar-refractivity contribution in [1.29, 1.82) is 0 Å². The van der Waals surface area contributed by atoms with E-state index < -0.39 is 0 Å². The molecule has 2 aromatic carbocycles. The molecule has 26 heavy (non-hydrogen) atoms. The van der Waals surface area contributed by atoms with Crippen LogP contribution in [0.2, 0.25) is 10.0 Å². The van der Waals surface area contributed by atoms with Crippen LogP contribution < -0.4 is 4.74 Å². The molecule has 0 saturated heterocycles. The summed E-state index contributed by atoms with van der Waals surface area (Å²) >= 11 is 18.8. The summed E-state index contributed by atoms with van der Waals surface area (Å²) in [6, 6.07) is 13.6. The number of benzene rings is 2. The highest BCUT2D eigenvalue weighted by Gasteiger charge is 2.13. The van der Waals surface area contributed by atoms with Crippen LogP contribution in [-0.2, 0) is 6.61 Å². The number of hydrogen-bond acceptors (Lipinski definition) is 2. The zero-order chi connectivity index (χ0) is 18.7. The van der Waals surface area contributed by atoms with Crippen molar-refractivity contribution in [3.63, 3.8) is 0 Å². The van der Waals surface area contributed by atoms with Gasteiger partial charge in [-0.3, -0.25) is 0 Å². The van der Waals surface area contributed by atoms with Gasteiger partial charge in [-0.15, -0.1) is 11.6 Å². The van der Waals surface area contributed by atoms with Gasteiger partial charge in [0.25, 0.3) is 0 Å². The number of ether oxygens (including phenoxy) is 1. The van der Waals surface area contributed by atoms with Crippen molar-refractivity contribution in [1.82, 2.24) is 4.98 Å². The van der Waals surface area contributed by atoms with Gasteiger partial charge in [0.2, 0.25) is 0 Å². The van der Waals surface area contributed by atoms with Crippen LogP contribution in [0.4, 0.5) is 0 Å². The van der Waals surface area contributed by atoms with Gasteiger partial charge in [-0.1, -0.05) is 53.5 Å². The zero-order valence-corrected chi connectivity index (χ0v) is 16.8. The Labute approximate surface area is 168 Å². The van der Waals surface area contributed by atoms with E-state index in [2.05, 4.69) is 4.98 Å². The SMILES string of the molecule is C/C(=C/CCl)c1ccc(Cl)c(COc2cccc3ccc(C)nc23)c1Cl. The lowest BCUT2D eigenvalue weighted by Gasteiger charge is -2.14. The van der Waals surface area contributed by atoms with Crippen LogP contribution in [0.5, 0.6) is 5.75 Å². The molecule has 0 aliphatic rings. The summed E-state index contributed by atoms with van der Waals surface area (Å²) in [5.74, 6) is 1.13. The molecule has 0 fully saturated rings. The van der Waals surface area contributed by atoms with E-state index in [1.807, 2.05) is 62.4 Å². The fraction of sp³-hybridized carbons (Fsp3) is 0.190. The number of nitrogens with zero attached hydrogens (tertiary/aromatic N) is 1. The van der Waals surface area contributed by atoms with Gasteiger partial charge < -0.3 is 4.74 Å². The minimum Gasteiger partial charge on any atom is -0.487 e. The number of aryl methyl sites for hydroxylation is 1. The van der Waals surface area contributed by atoms with Crippen molar-refractivity contribution < 1.29 is 4.74 Å². The quantitative estimate of drug-likeness (QED) is 0.423. The smallest absolute Gasteiger partial charge is 0.146 e. The van der Waals surface area contributed by atoms with Gasteiger partial charge in [-0.05, 0) is 43.2 Å². The normalized spacial score (nSPS) is 11.8. The average molecular weight is 407 g/mol. The molecule has 0 unspecified atom stereocenters. The molecule has 134 valence electrons. The first kappa shape index (κ1) is 19.0. The highest BCUT2D eigenvalue weighted by atomic mass is 35.5. The molecule has 0 radical (unpaired) electrons. The maximum atomic E-state index is 6.59. The minimum atomic E-state index is 0.258. The third kappa shape index (κ3) is 3.98. The molecule has 0 aliphatic carbocycles. The fourth-order valence-corrected chi connectivity index (χ4v) is 3.60. The molecule has 3 rings (SSSR count). The lowest BCUT2D eigenvalue weighted by Crippen LogP contribution is -2.00. The van der Waals surface area contributed by atoms with E-state index in [4.69, 9.17) is 39.5 Å². The van der Waals surface area contributed by atoms with Crippen molar-refractivity contribution in [3.05, 3.63) is 75.4 Å². The summed E-state index contributed by atoms with van der Waals surface area (Å²) in [7, 11) is 0. The number of hydrogen-bond donors (Lipinski definition) is 0. The number of aromatic nitrogens is 1. The molecule has 3 aromatic rings. The first-order valence-corrected chi connectivity index (χ1v) is 9.49. The van der Waals surface area contributed by atoms with Crippen molar-refractivity contribution in [2.24, 2.45) is 0 Å². The van der Waals surface area contributed by atoms with E-state index in [1.165, 1.54) is 0 Å². The minimum absolute atomic E-state index is 0.258. The highest BCUT2D eigenvalue weighted by Crippen LogP contribution is 2.34. The van der Waals surface area contributed by atoms with E-state index >= 15 is 0 Å². The Kier molecular flexibility index (Phi) is 6.08. The molecule has 0 atom stereocenters. The molecule has 5 heteroatoms. The number of rotatable bonds is 5. The van der Waals surface area contributed by atoms with Gasteiger partial charge in [-0.2, -0.15) is 0 Å². The number of allylic oxidation sites excluding steroid dienone is 2. The van der Waals surface area contributed by atoms with Crippen LogP contribution in [0.15, 0.2) is 48.5 Å². The van der Waals surface area contributed by atoms with Crippen molar-refractivity contribution >= 4 is 51.3 Å². The topological polar surface area (TPSA) is 22.1 Å². The predicted octanol–water partition coefficient (Wildman–Crippen LogP) is 7.07. The molecule has 0 aliphatic heterocycles. The number of fused-ring (bicyclic) bond motifs is 1. The maximum Gasteiger partial charge on any atom is 0.146 e. The highest BCUT2D eigenvalue weighted by molar-refractivity contribution is 6.37. The largest absolute Gasteiger partial charge is 0.487 e. The Balaban J connectivity index is 1.94. The van der Waals surface area contributed by atoms with Gasteiger partial charge in [-0.25, -0.2) is 4.98 Å². The third-order valence-corrected chi connectivity index (χ3v) is 5.13. The predicted molar refractivity (Wildman–Crippen MR) is 112 cm³/mol. The molecular formula is C21H18Cl3NO. The zero-order valence-electron chi connectivity index (χ0n) is 14.5. The third-order valence-electron chi connectivity index (χ3n) is 4.19. The second kappa shape index (κ2) is 8.30. The summed E-state index contributed by atoms with van der Waals surface area (Å²) in [4.78, 5) is 4.59. The second-order valence-corrected chi connectivity index (χ2v) is 7.09. The van der Waals surface area contributed by atoms with Crippen LogP contribution >= 0.6 is 34.8 Å². The summed E-state index contributed by atoms with van der Waals surface area (Å²) < 4.78 is 6.04. The van der Waals surface area contributed by atoms with Gasteiger partial charge in [0.1, 0.15) is 17.9 Å². The van der Waals surface area contributed by atoms with Gasteiger partial charge in [0, 0.05) is 27.5 Å².